The lowest BCUT2D eigenvalue weighted by molar-refractivity contribution is 0.0181. The number of likely N-dealkylation sites (tertiary alicyclic amines) is 1. The number of piperidine rings is 1. The molecule has 25 heavy (non-hydrogen) atoms. The summed E-state index contributed by atoms with van der Waals surface area (Å²) in [6, 6.07) is 8.02. The molecule has 1 aliphatic heterocycles. The molecule has 136 valence electrons. The standard InChI is InChI=1S/C19H27N3O3/c1-3-25-17-5-4-9-22(14-17)19(23)20-16-6-7-18-15(13-16)8-10-21(18)11-12-24-2/h6-8,10,13,17H,3-5,9,11-12,14H2,1-2H3,(H,20,23). The van der Waals surface area contributed by atoms with Crippen molar-refractivity contribution < 1.29 is 14.3 Å². The molecular weight excluding hydrogens is 318 g/mol. The summed E-state index contributed by atoms with van der Waals surface area (Å²) in [5, 5.41) is 4.13. The molecule has 0 radical (unpaired) electrons. The fourth-order valence-electron chi connectivity index (χ4n) is 3.36. The van der Waals surface area contributed by atoms with Crippen LogP contribution in [0.2, 0.25) is 0 Å². The van der Waals surface area contributed by atoms with Gasteiger partial charge in [-0.3, -0.25) is 0 Å². The normalized spacial score (nSPS) is 17.8. The Hall–Kier alpha value is -2.05. The first kappa shape index (κ1) is 17.8. The number of aromatic nitrogens is 1. The maximum absolute atomic E-state index is 12.5. The Balaban J connectivity index is 1.65. The first-order valence-electron chi connectivity index (χ1n) is 8.96. The van der Waals surface area contributed by atoms with E-state index >= 15 is 0 Å². The number of benzene rings is 1. The molecular formula is C19H27N3O3. The number of urea groups is 1. The number of carbonyl (C=O) groups is 1. The van der Waals surface area contributed by atoms with Gasteiger partial charge in [0, 0.05) is 56.1 Å². The Morgan fingerprint density at radius 1 is 1.36 bits per heavy atom. The maximum atomic E-state index is 12.5. The van der Waals surface area contributed by atoms with Crippen molar-refractivity contribution in [2.45, 2.75) is 32.4 Å². The molecule has 1 N–H and O–H groups in total. The first-order valence-corrected chi connectivity index (χ1v) is 8.96. The molecule has 0 bridgehead atoms. The summed E-state index contributed by atoms with van der Waals surface area (Å²) in [4.78, 5) is 14.4. The number of fused-ring (bicyclic) bond motifs is 1. The number of nitrogens with one attached hydrogen (secondary N) is 1. The zero-order chi connectivity index (χ0) is 17.6. The van der Waals surface area contributed by atoms with Crippen molar-refractivity contribution in [3.63, 3.8) is 0 Å². The lowest BCUT2D eigenvalue weighted by atomic mass is 10.1. The number of hydrogen-bond acceptors (Lipinski definition) is 3. The lowest BCUT2D eigenvalue weighted by Gasteiger charge is -2.32. The van der Waals surface area contributed by atoms with E-state index in [0.29, 0.717) is 19.8 Å². The zero-order valence-electron chi connectivity index (χ0n) is 15.0. The number of anilines is 1. The van der Waals surface area contributed by atoms with Gasteiger partial charge in [0.05, 0.1) is 12.7 Å². The van der Waals surface area contributed by atoms with Crippen LogP contribution in [0, 0.1) is 0 Å². The SMILES string of the molecule is CCOC1CCCN(C(=O)Nc2ccc3c(ccn3CCOC)c2)C1. The molecule has 0 saturated carbocycles. The average molecular weight is 345 g/mol. The van der Waals surface area contributed by atoms with E-state index in [9.17, 15) is 4.79 Å². The highest BCUT2D eigenvalue weighted by Crippen LogP contribution is 2.21. The molecule has 0 spiro atoms. The van der Waals surface area contributed by atoms with Crippen LogP contribution in [0.4, 0.5) is 10.5 Å². The number of carbonyl (C=O) groups excluding carboxylic acids is 1. The summed E-state index contributed by atoms with van der Waals surface area (Å²) in [7, 11) is 1.70. The molecule has 2 heterocycles. The summed E-state index contributed by atoms with van der Waals surface area (Å²) in [5.74, 6) is 0. The van der Waals surface area contributed by atoms with E-state index in [4.69, 9.17) is 9.47 Å². The highest BCUT2D eigenvalue weighted by molar-refractivity contribution is 5.93. The van der Waals surface area contributed by atoms with Gasteiger partial charge in [-0.2, -0.15) is 0 Å². The highest BCUT2D eigenvalue weighted by atomic mass is 16.5. The molecule has 6 nitrogen and oxygen atoms in total. The van der Waals surface area contributed by atoms with Gasteiger partial charge in [0.1, 0.15) is 0 Å². The molecule has 1 saturated heterocycles. The number of hydrogen-bond donors (Lipinski definition) is 1. The van der Waals surface area contributed by atoms with Gasteiger partial charge in [0.2, 0.25) is 0 Å². The zero-order valence-corrected chi connectivity index (χ0v) is 15.0. The third kappa shape index (κ3) is 4.32. The summed E-state index contributed by atoms with van der Waals surface area (Å²) in [5.41, 5.74) is 1.96. The fourth-order valence-corrected chi connectivity index (χ4v) is 3.36. The van der Waals surface area contributed by atoms with Gasteiger partial charge in [-0.05, 0) is 44.0 Å². The molecule has 1 fully saturated rings. The van der Waals surface area contributed by atoms with E-state index in [1.54, 1.807) is 7.11 Å². The Morgan fingerprint density at radius 2 is 2.24 bits per heavy atom. The predicted octanol–water partition coefficient (Wildman–Crippen LogP) is 3.32. The highest BCUT2D eigenvalue weighted by Gasteiger charge is 2.23. The Morgan fingerprint density at radius 3 is 3.04 bits per heavy atom. The summed E-state index contributed by atoms with van der Waals surface area (Å²) in [6.45, 7) is 5.63. The Bertz CT molecular complexity index is 711. The molecule has 3 rings (SSSR count). The van der Waals surface area contributed by atoms with Gasteiger partial charge in [0.15, 0.2) is 0 Å². The quantitative estimate of drug-likeness (QED) is 0.874. The van der Waals surface area contributed by atoms with Crippen molar-refractivity contribution in [1.82, 2.24) is 9.47 Å². The molecule has 2 aromatic rings. The molecule has 1 atom stereocenters. The van der Waals surface area contributed by atoms with Crippen molar-refractivity contribution in [2.24, 2.45) is 0 Å². The van der Waals surface area contributed by atoms with E-state index in [1.165, 1.54) is 0 Å². The number of methoxy groups -OCH3 is 1. The maximum Gasteiger partial charge on any atom is 0.321 e. The number of amides is 2. The molecule has 1 aromatic carbocycles. The van der Waals surface area contributed by atoms with E-state index in [1.807, 2.05) is 36.2 Å². The summed E-state index contributed by atoms with van der Waals surface area (Å²) >= 11 is 0. The van der Waals surface area contributed by atoms with Crippen LogP contribution < -0.4 is 5.32 Å². The fraction of sp³-hybridized carbons (Fsp3) is 0.526. The molecule has 6 heteroatoms. The van der Waals surface area contributed by atoms with Gasteiger partial charge in [-0.15, -0.1) is 0 Å². The minimum Gasteiger partial charge on any atom is -0.383 e. The van der Waals surface area contributed by atoms with E-state index < -0.39 is 0 Å². The lowest BCUT2D eigenvalue weighted by Crippen LogP contribution is -2.45. The van der Waals surface area contributed by atoms with Crippen LogP contribution in [0.5, 0.6) is 0 Å². The van der Waals surface area contributed by atoms with Crippen LogP contribution >= 0.6 is 0 Å². The van der Waals surface area contributed by atoms with Crippen molar-refractivity contribution in [3.05, 3.63) is 30.5 Å². The van der Waals surface area contributed by atoms with Crippen LogP contribution in [-0.4, -0.2) is 55.0 Å². The van der Waals surface area contributed by atoms with Crippen LogP contribution in [0.1, 0.15) is 19.8 Å². The van der Waals surface area contributed by atoms with Crippen molar-refractivity contribution in [3.8, 4) is 0 Å². The van der Waals surface area contributed by atoms with Gasteiger partial charge in [-0.1, -0.05) is 0 Å². The molecule has 1 unspecified atom stereocenters. The second-order valence-electron chi connectivity index (χ2n) is 6.37. The minimum absolute atomic E-state index is 0.0532. The van der Waals surface area contributed by atoms with Crippen LogP contribution in [0.25, 0.3) is 10.9 Å². The number of ether oxygens (including phenoxy) is 2. The van der Waals surface area contributed by atoms with E-state index in [-0.39, 0.29) is 12.1 Å². The molecule has 1 aromatic heterocycles. The Kier molecular flexibility index (Phi) is 5.94. The predicted molar refractivity (Wildman–Crippen MR) is 99.1 cm³/mol. The largest absolute Gasteiger partial charge is 0.383 e. The van der Waals surface area contributed by atoms with Gasteiger partial charge in [-0.25, -0.2) is 4.79 Å². The molecule has 2 amide bonds. The smallest absolute Gasteiger partial charge is 0.321 e. The molecule has 0 aliphatic carbocycles. The van der Waals surface area contributed by atoms with Crippen molar-refractivity contribution >= 4 is 22.6 Å². The van der Waals surface area contributed by atoms with Crippen LogP contribution in [0.3, 0.4) is 0 Å². The van der Waals surface area contributed by atoms with Gasteiger partial charge >= 0.3 is 6.03 Å². The summed E-state index contributed by atoms with van der Waals surface area (Å²) in [6.07, 6.45) is 4.21. The van der Waals surface area contributed by atoms with Gasteiger partial charge in [0.25, 0.3) is 0 Å². The first-order chi connectivity index (χ1) is 12.2. The number of nitrogens with zero attached hydrogens (tertiary/aromatic N) is 2. The number of rotatable bonds is 6. The van der Waals surface area contributed by atoms with Crippen LogP contribution in [-0.2, 0) is 16.0 Å². The van der Waals surface area contributed by atoms with Crippen LogP contribution in [0.15, 0.2) is 30.5 Å². The average Bonchev–Trinajstić information content (AvgIpc) is 3.02. The van der Waals surface area contributed by atoms with Crippen molar-refractivity contribution in [2.75, 3.05) is 38.7 Å². The Labute approximate surface area is 148 Å². The van der Waals surface area contributed by atoms with E-state index in [0.717, 1.165) is 42.5 Å². The summed E-state index contributed by atoms with van der Waals surface area (Å²) < 4.78 is 13.0. The molecule has 1 aliphatic rings. The minimum atomic E-state index is -0.0532. The third-order valence-corrected chi connectivity index (χ3v) is 4.63. The van der Waals surface area contributed by atoms with Gasteiger partial charge < -0.3 is 24.3 Å². The monoisotopic (exact) mass is 345 g/mol. The topological polar surface area (TPSA) is 55.7 Å². The second kappa shape index (κ2) is 8.36. The van der Waals surface area contributed by atoms with E-state index in [2.05, 4.69) is 16.0 Å². The second-order valence-corrected chi connectivity index (χ2v) is 6.37. The van der Waals surface area contributed by atoms with Crippen molar-refractivity contribution in [1.29, 1.82) is 0 Å². The third-order valence-electron chi connectivity index (χ3n) is 4.63.